The van der Waals surface area contributed by atoms with Gasteiger partial charge in [-0.25, -0.2) is 4.98 Å². The highest BCUT2D eigenvalue weighted by Crippen LogP contribution is 2.49. The fraction of sp³-hybridized carbons (Fsp3) is 0.296. The Hall–Kier alpha value is -3.49. The van der Waals surface area contributed by atoms with Gasteiger partial charge in [0.15, 0.2) is 0 Å². The van der Waals surface area contributed by atoms with E-state index < -0.39 is 5.54 Å². The summed E-state index contributed by atoms with van der Waals surface area (Å²) >= 11 is 0. The molecule has 1 aliphatic carbocycles. The fourth-order valence-electron chi connectivity index (χ4n) is 4.87. The van der Waals surface area contributed by atoms with Gasteiger partial charge in [-0.3, -0.25) is 9.78 Å². The van der Waals surface area contributed by atoms with E-state index in [4.69, 9.17) is 9.15 Å². The molecule has 7 nitrogen and oxygen atoms in total. The summed E-state index contributed by atoms with van der Waals surface area (Å²) in [6, 6.07) is 14.3. The number of oxazole rings is 1. The van der Waals surface area contributed by atoms with Crippen molar-refractivity contribution in [2.75, 3.05) is 6.54 Å². The number of aromatic nitrogens is 2. The third-order valence-electron chi connectivity index (χ3n) is 7.22. The van der Waals surface area contributed by atoms with Crippen molar-refractivity contribution in [2.24, 2.45) is 0 Å². The molecule has 0 spiro atoms. The number of hydrogen-bond donors (Lipinski definition) is 2. The molecule has 1 amide bonds. The third-order valence-corrected chi connectivity index (χ3v) is 8.26. The van der Waals surface area contributed by atoms with Gasteiger partial charge in [-0.1, -0.05) is 12.1 Å². The highest BCUT2D eigenvalue weighted by atomic mass is 28.1. The molecule has 0 bridgehead atoms. The molecule has 1 saturated carbocycles. The van der Waals surface area contributed by atoms with Gasteiger partial charge >= 0.3 is 0 Å². The summed E-state index contributed by atoms with van der Waals surface area (Å²) < 4.78 is 11.8. The van der Waals surface area contributed by atoms with Crippen LogP contribution in [0.3, 0.4) is 0 Å². The molecule has 35 heavy (non-hydrogen) atoms. The van der Waals surface area contributed by atoms with Crippen LogP contribution in [0.15, 0.2) is 65.5 Å². The number of rotatable bonds is 7. The summed E-state index contributed by atoms with van der Waals surface area (Å²) in [5.41, 5.74) is 4.08. The van der Waals surface area contributed by atoms with Gasteiger partial charge in [-0.2, -0.15) is 0 Å². The number of fused-ring (bicyclic) bond motifs is 1. The van der Waals surface area contributed by atoms with Crippen LogP contribution in [0.1, 0.15) is 40.7 Å². The van der Waals surface area contributed by atoms with Crippen molar-refractivity contribution in [1.82, 2.24) is 20.6 Å². The molecule has 6 rings (SSSR count). The Labute approximate surface area is 206 Å². The molecule has 1 saturated heterocycles. The molecule has 1 aliphatic heterocycles. The predicted molar refractivity (Wildman–Crippen MR) is 138 cm³/mol. The van der Waals surface area contributed by atoms with E-state index in [9.17, 15) is 4.79 Å². The summed E-state index contributed by atoms with van der Waals surface area (Å²) in [7, 11) is 0.926. The molecular formula is C27H28N4O3Si. The lowest BCUT2D eigenvalue weighted by molar-refractivity contribution is 0.0929. The Kier molecular flexibility index (Phi) is 5.42. The molecule has 8 heteroatoms. The summed E-state index contributed by atoms with van der Waals surface area (Å²) in [4.78, 5) is 22.5. The number of carbonyl (C=O) groups excluding carboxylic acids is 1. The summed E-state index contributed by atoms with van der Waals surface area (Å²) in [5.74, 6) is 1.20. The zero-order chi connectivity index (χ0) is 24.0. The van der Waals surface area contributed by atoms with Crippen LogP contribution in [-0.4, -0.2) is 44.4 Å². The number of hydrogen-bond acceptors (Lipinski definition) is 6. The first-order chi connectivity index (χ1) is 17.0. The van der Waals surface area contributed by atoms with Gasteiger partial charge < -0.3 is 19.8 Å². The van der Waals surface area contributed by atoms with Crippen molar-refractivity contribution in [2.45, 2.75) is 43.5 Å². The lowest BCUT2D eigenvalue weighted by Crippen LogP contribution is -2.53. The molecular weight excluding hydrogens is 456 g/mol. The molecule has 178 valence electrons. The molecule has 2 atom stereocenters. The van der Waals surface area contributed by atoms with Gasteiger partial charge in [0.25, 0.3) is 5.91 Å². The molecule has 2 fully saturated rings. The molecule has 3 heterocycles. The Bertz CT molecular complexity index is 1400. The standard InChI is InChI=1S/C27H28N4O3Si/c1-16-4-5-18(34-26(35)22-6-10-29-22)15-20(16)24(32)31-27(7-8-27)21-13-17(25-30-11-12-33-25)14-23-19(21)3-2-9-28-23/h2-5,9,11-15,22,26,29H,6-8,10H2,1,35H3,(H,31,32)/t22-,26-/m0/s1. The van der Waals surface area contributed by atoms with E-state index in [1.165, 1.54) is 0 Å². The molecule has 0 radical (unpaired) electrons. The average molecular weight is 485 g/mol. The third kappa shape index (κ3) is 4.13. The number of pyridine rings is 1. The van der Waals surface area contributed by atoms with E-state index in [0.717, 1.165) is 69.4 Å². The summed E-state index contributed by atoms with van der Waals surface area (Å²) in [5, 5.41) is 7.80. The van der Waals surface area contributed by atoms with Crippen molar-refractivity contribution >= 4 is 27.1 Å². The monoisotopic (exact) mass is 484 g/mol. The zero-order valence-corrected chi connectivity index (χ0v) is 21.9. The number of ether oxygens (including phenoxy) is 1. The minimum absolute atomic E-state index is 0.0873. The maximum absolute atomic E-state index is 13.6. The van der Waals surface area contributed by atoms with Gasteiger partial charge in [0.2, 0.25) is 5.89 Å². The predicted octanol–water partition coefficient (Wildman–Crippen LogP) is 3.05. The van der Waals surface area contributed by atoms with Crippen LogP contribution in [0, 0.1) is 6.92 Å². The quantitative estimate of drug-likeness (QED) is 0.392. The van der Waals surface area contributed by atoms with Crippen LogP contribution in [0.5, 0.6) is 5.75 Å². The van der Waals surface area contributed by atoms with Crippen LogP contribution in [0.25, 0.3) is 22.4 Å². The lowest BCUT2D eigenvalue weighted by atomic mass is 9.95. The average Bonchev–Trinajstić information content (AvgIpc) is 3.38. The maximum atomic E-state index is 13.6. The minimum Gasteiger partial charge on any atom is -0.494 e. The highest BCUT2D eigenvalue weighted by Gasteiger charge is 2.47. The van der Waals surface area contributed by atoms with Gasteiger partial charge in [-0.15, -0.1) is 0 Å². The van der Waals surface area contributed by atoms with E-state index in [1.54, 1.807) is 18.7 Å². The molecule has 4 aromatic rings. The number of amides is 1. The Morgan fingerprint density at radius 3 is 2.80 bits per heavy atom. The topological polar surface area (TPSA) is 89.3 Å². The Morgan fingerprint density at radius 1 is 1.23 bits per heavy atom. The Morgan fingerprint density at radius 2 is 2.09 bits per heavy atom. The normalized spacial score (nSPS) is 19.2. The van der Waals surface area contributed by atoms with Crippen molar-refractivity contribution in [1.29, 1.82) is 0 Å². The molecule has 0 unspecified atom stereocenters. The lowest BCUT2D eigenvalue weighted by Gasteiger charge is -2.33. The minimum atomic E-state index is -0.444. The van der Waals surface area contributed by atoms with Gasteiger partial charge in [-0.05, 0) is 74.2 Å². The smallest absolute Gasteiger partial charge is 0.252 e. The fourth-order valence-corrected chi connectivity index (χ4v) is 5.71. The van der Waals surface area contributed by atoms with Gasteiger partial charge in [0.05, 0.1) is 33.2 Å². The van der Waals surface area contributed by atoms with Crippen LogP contribution < -0.4 is 15.4 Å². The first-order valence-corrected chi connectivity index (χ1v) is 13.3. The number of nitrogens with one attached hydrogen (secondary N) is 2. The second-order valence-electron chi connectivity index (χ2n) is 9.62. The van der Waals surface area contributed by atoms with Crippen LogP contribution >= 0.6 is 0 Å². The first kappa shape index (κ1) is 22.0. The van der Waals surface area contributed by atoms with Crippen molar-refractivity contribution in [3.63, 3.8) is 0 Å². The van der Waals surface area contributed by atoms with Gasteiger partial charge in [0.1, 0.15) is 12.0 Å². The summed E-state index contributed by atoms with van der Waals surface area (Å²) in [6.07, 6.45) is 7.85. The van der Waals surface area contributed by atoms with E-state index >= 15 is 0 Å². The van der Waals surface area contributed by atoms with Crippen LogP contribution in [0.2, 0.25) is 0 Å². The second-order valence-corrected chi connectivity index (χ2v) is 10.8. The molecule has 2 aliphatic rings. The summed E-state index contributed by atoms with van der Waals surface area (Å²) in [6.45, 7) is 3.02. The maximum Gasteiger partial charge on any atom is 0.252 e. The Balaban J connectivity index is 1.31. The second kappa shape index (κ2) is 8.62. The molecule has 2 aromatic heterocycles. The van der Waals surface area contributed by atoms with E-state index in [-0.39, 0.29) is 11.6 Å². The zero-order valence-electron chi connectivity index (χ0n) is 19.9. The van der Waals surface area contributed by atoms with Crippen molar-refractivity contribution < 1.29 is 13.9 Å². The number of aryl methyl sites for hydroxylation is 1. The van der Waals surface area contributed by atoms with Crippen LogP contribution in [0.4, 0.5) is 0 Å². The molecule has 2 aromatic carbocycles. The number of nitrogens with zero attached hydrogens (tertiary/aromatic N) is 2. The van der Waals surface area contributed by atoms with Crippen molar-refractivity contribution in [3.05, 3.63) is 77.8 Å². The van der Waals surface area contributed by atoms with E-state index in [0.29, 0.717) is 17.5 Å². The number of benzene rings is 2. The first-order valence-electron chi connectivity index (χ1n) is 12.1. The SMILES string of the molecule is Cc1ccc(O[C@@H]([SiH3])[C@@H]2CCN2)cc1C(=O)NC1(c2cc(-c3ncco3)cc3ncccc23)CC1. The largest absolute Gasteiger partial charge is 0.494 e. The van der Waals surface area contributed by atoms with Gasteiger partial charge in [0, 0.05) is 28.8 Å². The number of carbonyl (C=O) groups is 1. The highest BCUT2D eigenvalue weighted by molar-refractivity contribution is 6.11. The van der Waals surface area contributed by atoms with Crippen LogP contribution in [-0.2, 0) is 5.54 Å². The van der Waals surface area contributed by atoms with E-state index in [2.05, 4.69) is 32.7 Å². The van der Waals surface area contributed by atoms with Crippen molar-refractivity contribution in [3.8, 4) is 17.2 Å². The van der Waals surface area contributed by atoms with E-state index in [1.807, 2.05) is 37.3 Å². The molecule has 2 N–H and O–H groups in total.